The summed E-state index contributed by atoms with van der Waals surface area (Å²) >= 11 is 0. The van der Waals surface area contributed by atoms with E-state index in [4.69, 9.17) is 15.2 Å². The molecule has 1 aromatic carbocycles. The summed E-state index contributed by atoms with van der Waals surface area (Å²) in [6.07, 6.45) is 1.50. The molecule has 7 nitrogen and oxygen atoms in total. The van der Waals surface area contributed by atoms with Gasteiger partial charge in [-0.25, -0.2) is 0 Å². The number of primary amides is 1. The molecule has 11 atom stereocenters. The summed E-state index contributed by atoms with van der Waals surface area (Å²) in [5.74, 6) is -1.42. The fourth-order valence-corrected chi connectivity index (χ4v) is 8.73. The number of benzene rings is 1. The summed E-state index contributed by atoms with van der Waals surface area (Å²) in [7, 11) is 0. The van der Waals surface area contributed by atoms with Crippen LogP contribution in [0, 0.1) is 39.9 Å². The number of rotatable bonds is 5. The molecule has 0 aromatic heterocycles. The zero-order valence-electron chi connectivity index (χ0n) is 25.0. The van der Waals surface area contributed by atoms with Crippen molar-refractivity contribution in [3.63, 3.8) is 0 Å². The molecule has 1 aliphatic heterocycles. The first-order valence-electron chi connectivity index (χ1n) is 14.9. The van der Waals surface area contributed by atoms with Crippen LogP contribution in [0.15, 0.2) is 61.2 Å². The molecule has 5 N–H and O–H groups in total. The summed E-state index contributed by atoms with van der Waals surface area (Å²) in [6.45, 7) is 19.0. The lowest BCUT2D eigenvalue weighted by molar-refractivity contribution is -0.318. The first-order chi connectivity index (χ1) is 19.1. The molecular formula is C34H47NO6. The van der Waals surface area contributed by atoms with Crippen molar-refractivity contribution in [3.05, 3.63) is 66.8 Å². The van der Waals surface area contributed by atoms with Crippen LogP contribution in [0.25, 0.3) is 5.76 Å². The Morgan fingerprint density at radius 1 is 1.15 bits per heavy atom. The van der Waals surface area contributed by atoms with Gasteiger partial charge < -0.3 is 30.5 Å². The Hall–Kier alpha value is -2.45. The molecule has 2 saturated carbocycles. The second-order valence-corrected chi connectivity index (χ2v) is 14.1. The van der Waals surface area contributed by atoms with Gasteiger partial charge in [-0.3, -0.25) is 4.79 Å². The lowest BCUT2D eigenvalue weighted by Gasteiger charge is -2.70. The van der Waals surface area contributed by atoms with Crippen LogP contribution in [0.2, 0.25) is 0 Å². The largest absolute Gasteiger partial charge is 0.487 e. The first kappa shape index (κ1) is 30.0. The number of amides is 1. The zero-order valence-corrected chi connectivity index (χ0v) is 25.0. The third kappa shape index (κ3) is 4.26. The number of ether oxygens (including phenoxy) is 2. The Morgan fingerprint density at radius 2 is 1.80 bits per heavy atom. The summed E-state index contributed by atoms with van der Waals surface area (Å²) in [5, 5.41) is 36.8. The van der Waals surface area contributed by atoms with E-state index < -0.39 is 57.9 Å². The van der Waals surface area contributed by atoms with E-state index in [2.05, 4.69) is 27.0 Å². The van der Waals surface area contributed by atoms with Crippen molar-refractivity contribution in [2.24, 2.45) is 45.7 Å². The highest BCUT2D eigenvalue weighted by atomic mass is 16.5. The van der Waals surface area contributed by atoms with Crippen molar-refractivity contribution < 1.29 is 29.6 Å². The average Bonchev–Trinajstić information content (AvgIpc) is 2.91. The van der Waals surface area contributed by atoms with E-state index in [9.17, 15) is 20.1 Å². The predicted octanol–water partition coefficient (Wildman–Crippen LogP) is 4.23. The maximum Gasteiger partial charge on any atom is 0.218 e. The van der Waals surface area contributed by atoms with Crippen LogP contribution in [-0.2, 0) is 14.3 Å². The number of hydrogen-bond acceptors (Lipinski definition) is 6. The van der Waals surface area contributed by atoms with E-state index >= 15 is 0 Å². The maximum atomic E-state index is 13.2. The maximum absolute atomic E-state index is 13.2. The highest BCUT2D eigenvalue weighted by molar-refractivity contribution is 5.75. The molecule has 2 bridgehead atoms. The van der Waals surface area contributed by atoms with E-state index in [-0.39, 0.29) is 37.4 Å². The number of aliphatic hydroxyl groups is 3. The van der Waals surface area contributed by atoms with Crippen molar-refractivity contribution in [3.8, 4) is 0 Å². The van der Waals surface area contributed by atoms with Gasteiger partial charge in [-0.2, -0.15) is 0 Å². The molecule has 1 aromatic rings. The summed E-state index contributed by atoms with van der Waals surface area (Å²) < 4.78 is 13.1. The molecule has 1 heterocycles. The fraction of sp³-hybridized carbons (Fsp3) is 0.618. The van der Waals surface area contributed by atoms with Gasteiger partial charge >= 0.3 is 0 Å². The van der Waals surface area contributed by atoms with Crippen LogP contribution >= 0.6 is 0 Å². The highest BCUT2D eigenvalue weighted by Gasteiger charge is 2.73. The SMILES string of the molecule is C=C(OC1C2C3(CC(N)=O)COC3CC(C)C2(C)C(=C)C(O)C2C=CC(C)C(O)CC1(O)C2(C)C)c1ccccc1. The molecule has 3 fully saturated rings. The van der Waals surface area contributed by atoms with Gasteiger partial charge in [-0.05, 0) is 17.9 Å². The number of hydrogen-bond donors (Lipinski definition) is 4. The molecule has 4 aliphatic rings. The van der Waals surface area contributed by atoms with Gasteiger partial charge in [0.25, 0.3) is 0 Å². The first-order valence-corrected chi connectivity index (χ1v) is 14.9. The molecule has 5 rings (SSSR count). The average molecular weight is 566 g/mol. The Balaban J connectivity index is 1.82. The minimum atomic E-state index is -1.66. The second-order valence-electron chi connectivity index (χ2n) is 14.1. The molecule has 0 spiro atoms. The van der Waals surface area contributed by atoms with Gasteiger partial charge in [0.05, 0.1) is 24.9 Å². The normalized spacial score (nSPS) is 45.0. The Kier molecular flexibility index (Phi) is 7.38. The van der Waals surface area contributed by atoms with Gasteiger partial charge in [-0.15, -0.1) is 0 Å². The van der Waals surface area contributed by atoms with E-state index in [0.717, 1.165) is 5.56 Å². The molecule has 0 radical (unpaired) electrons. The minimum Gasteiger partial charge on any atom is -0.487 e. The number of fused-ring (bicyclic) bond motifs is 5. The van der Waals surface area contributed by atoms with E-state index in [1.807, 2.05) is 63.3 Å². The lowest BCUT2D eigenvalue weighted by atomic mass is 9.39. The van der Waals surface area contributed by atoms with Gasteiger partial charge in [0.1, 0.15) is 17.5 Å². The number of aliphatic hydroxyl groups excluding tert-OH is 2. The van der Waals surface area contributed by atoms with Gasteiger partial charge in [0.2, 0.25) is 5.91 Å². The van der Waals surface area contributed by atoms with E-state index in [0.29, 0.717) is 17.8 Å². The summed E-state index contributed by atoms with van der Waals surface area (Å²) in [6, 6.07) is 9.52. The Labute approximate surface area is 244 Å². The van der Waals surface area contributed by atoms with Gasteiger partial charge in [0, 0.05) is 52.4 Å². The monoisotopic (exact) mass is 565 g/mol. The number of nitrogens with two attached hydrogens (primary N) is 1. The highest BCUT2D eigenvalue weighted by Crippen LogP contribution is 2.69. The molecule has 3 aliphatic carbocycles. The molecule has 1 saturated heterocycles. The topological polar surface area (TPSA) is 122 Å². The van der Waals surface area contributed by atoms with Crippen LogP contribution in [0.5, 0.6) is 0 Å². The van der Waals surface area contributed by atoms with Crippen molar-refractivity contribution >= 4 is 11.7 Å². The van der Waals surface area contributed by atoms with Crippen LogP contribution in [0.3, 0.4) is 0 Å². The van der Waals surface area contributed by atoms with Crippen molar-refractivity contribution in [1.29, 1.82) is 0 Å². The number of carbonyl (C=O) groups is 1. The van der Waals surface area contributed by atoms with Crippen LogP contribution in [0.4, 0.5) is 0 Å². The smallest absolute Gasteiger partial charge is 0.218 e. The molecule has 1 amide bonds. The van der Waals surface area contributed by atoms with Crippen LogP contribution in [-0.4, -0.2) is 57.9 Å². The predicted molar refractivity (Wildman–Crippen MR) is 158 cm³/mol. The standard InChI is InChI=1S/C34H47NO6/c1-19-13-14-24-28(38)21(3)32(7)20(2)15-26-33(18-40-26,17-27(35)37)29(32)30(34(39,16-25(19)36)31(24,5)6)41-22(4)23-11-9-8-10-12-23/h8-14,19-20,24-26,28-30,36,38-39H,3-4,15-18H2,1-2,5-7H3,(H2,35,37). The Bertz CT molecular complexity index is 1240. The quantitative estimate of drug-likeness (QED) is 0.313. The summed E-state index contributed by atoms with van der Waals surface area (Å²) in [4.78, 5) is 12.7. The van der Waals surface area contributed by atoms with Gasteiger partial charge in [0.15, 0.2) is 0 Å². The third-order valence-corrected chi connectivity index (χ3v) is 11.8. The molecule has 11 unspecified atom stereocenters. The Morgan fingerprint density at radius 3 is 2.39 bits per heavy atom. The minimum absolute atomic E-state index is 0.00702. The molecule has 224 valence electrons. The number of carbonyl (C=O) groups excluding carboxylic acids is 1. The second kappa shape index (κ2) is 10.1. The third-order valence-electron chi connectivity index (χ3n) is 11.8. The molecular weight excluding hydrogens is 518 g/mol. The zero-order chi connectivity index (χ0) is 30.1. The van der Waals surface area contributed by atoms with Crippen LogP contribution in [0.1, 0.15) is 59.4 Å². The fourth-order valence-electron chi connectivity index (χ4n) is 8.73. The molecule has 41 heavy (non-hydrogen) atoms. The van der Waals surface area contributed by atoms with Crippen molar-refractivity contribution in [1.82, 2.24) is 0 Å². The van der Waals surface area contributed by atoms with Crippen LogP contribution < -0.4 is 5.73 Å². The van der Waals surface area contributed by atoms with Crippen molar-refractivity contribution in [2.45, 2.75) is 83.9 Å². The van der Waals surface area contributed by atoms with E-state index in [1.54, 1.807) is 0 Å². The van der Waals surface area contributed by atoms with E-state index in [1.165, 1.54) is 0 Å². The molecule has 7 heteroatoms. The lowest BCUT2D eigenvalue weighted by Crippen LogP contribution is -2.76. The van der Waals surface area contributed by atoms with Gasteiger partial charge in [-0.1, -0.05) is 90.3 Å². The van der Waals surface area contributed by atoms with Crippen molar-refractivity contribution in [2.75, 3.05) is 6.61 Å². The summed E-state index contributed by atoms with van der Waals surface area (Å²) in [5.41, 5.74) is 3.14.